The average Bonchev–Trinajstić information content (AvgIpc) is 3.50. The largest absolute Gasteiger partial charge is 0.383 e. The first-order valence-electron chi connectivity index (χ1n) is 11.9. The third-order valence-corrected chi connectivity index (χ3v) is 6.12. The van der Waals surface area contributed by atoms with Crippen LogP contribution in [0.3, 0.4) is 0 Å². The number of halogens is 1. The van der Waals surface area contributed by atoms with Crippen molar-refractivity contribution < 1.29 is 13.9 Å². The molecule has 1 aliphatic heterocycles. The minimum absolute atomic E-state index is 0.0594. The van der Waals surface area contributed by atoms with E-state index >= 15 is 0 Å². The van der Waals surface area contributed by atoms with Crippen molar-refractivity contribution in [3.63, 3.8) is 0 Å². The highest BCUT2D eigenvalue weighted by molar-refractivity contribution is 6.14. The molecule has 0 saturated carbocycles. The number of nitrogens with zero attached hydrogens (tertiary/aromatic N) is 4. The van der Waals surface area contributed by atoms with Crippen LogP contribution in [0.4, 0.5) is 21.7 Å². The molecule has 2 aromatic heterocycles. The van der Waals surface area contributed by atoms with Crippen molar-refractivity contribution in [1.82, 2.24) is 19.7 Å². The van der Waals surface area contributed by atoms with Crippen LogP contribution in [0.15, 0.2) is 36.7 Å². The van der Waals surface area contributed by atoms with Crippen molar-refractivity contribution >= 4 is 45.0 Å². The number of ether oxygens (including phenoxy) is 1. The summed E-state index contributed by atoms with van der Waals surface area (Å²) in [6, 6.07) is 6.39. The normalized spacial score (nSPS) is 16.4. The molecule has 11 heteroatoms. The number of carbonyl (C=O) groups is 1. The predicted molar refractivity (Wildman–Crippen MR) is 138 cm³/mol. The Hall–Kier alpha value is -3.83. The monoisotopic (exact) mass is 492 g/mol. The van der Waals surface area contributed by atoms with Crippen LogP contribution in [0.1, 0.15) is 23.7 Å². The van der Waals surface area contributed by atoms with E-state index in [0.29, 0.717) is 59.1 Å². The first kappa shape index (κ1) is 23.9. The fourth-order valence-electron chi connectivity index (χ4n) is 4.28. The number of anilines is 3. The number of amides is 1. The lowest BCUT2D eigenvalue weighted by Gasteiger charge is -2.15. The van der Waals surface area contributed by atoms with E-state index in [1.54, 1.807) is 37.6 Å². The first-order chi connectivity index (χ1) is 17.4. The number of benzene rings is 2. The van der Waals surface area contributed by atoms with Gasteiger partial charge < -0.3 is 26.4 Å². The zero-order chi connectivity index (χ0) is 25.2. The van der Waals surface area contributed by atoms with Gasteiger partial charge in [0.05, 0.1) is 17.7 Å². The summed E-state index contributed by atoms with van der Waals surface area (Å²) in [5, 5.41) is 14.8. The van der Waals surface area contributed by atoms with E-state index in [0.717, 1.165) is 18.7 Å². The van der Waals surface area contributed by atoms with Crippen molar-refractivity contribution in [2.24, 2.45) is 18.7 Å². The van der Waals surface area contributed by atoms with Crippen LogP contribution >= 0.6 is 0 Å². The van der Waals surface area contributed by atoms with E-state index in [2.05, 4.69) is 31.0 Å². The van der Waals surface area contributed by atoms with Crippen LogP contribution in [-0.2, 0) is 11.8 Å². The molecule has 3 heterocycles. The summed E-state index contributed by atoms with van der Waals surface area (Å²) in [6.07, 6.45) is 4.37. The molecule has 188 valence electrons. The van der Waals surface area contributed by atoms with Gasteiger partial charge in [-0.1, -0.05) is 0 Å². The topological polar surface area (TPSA) is 132 Å². The summed E-state index contributed by atoms with van der Waals surface area (Å²) in [7, 11) is 1.72. The SMILES string of the molecule is C[C@H](N)CNc1ccc(C(=O)Nc2cc(F)c3nn(C)cc3c2)c2nc(NC[C@@H]3CCOC3)ncc12. The first-order valence-corrected chi connectivity index (χ1v) is 11.9. The summed E-state index contributed by atoms with van der Waals surface area (Å²) in [6.45, 7) is 4.60. The lowest BCUT2D eigenvalue weighted by Crippen LogP contribution is -2.25. The molecule has 4 aromatic rings. The summed E-state index contributed by atoms with van der Waals surface area (Å²) in [4.78, 5) is 22.5. The maximum Gasteiger partial charge on any atom is 0.257 e. The van der Waals surface area contributed by atoms with E-state index in [4.69, 9.17) is 10.5 Å². The number of carbonyl (C=O) groups excluding carboxylic acids is 1. The van der Waals surface area contributed by atoms with Gasteiger partial charge in [0.15, 0.2) is 5.82 Å². The highest BCUT2D eigenvalue weighted by Gasteiger charge is 2.19. The van der Waals surface area contributed by atoms with Gasteiger partial charge in [0, 0.05) is 73.2 Å². The Labute approximate surface area is 207 Å². The van der Waals surface area contributed by atoms with Crippen LogP contribution in [0.5, 0.6) is 0 Å². The van der Waals surface area contributed by atoms with Crippen molar-refractivity contribution in [3.8, 4) is 0 Å². The van der Waals surface area contributed by atoms with Crippen LogP contribution in [-0.4, -0.2) is 58.0 Å². The maximum absolute atomic E-state index is 14.6. The van der Waals surface area contributed by atoms with Crippen LogP contribution in [0, 0.1) is 11.7 Å². The molecule has 5 rings (SSSR count). The van der Waals surface area contributed by atoms with Gasteiger partial charge in [-0.3, -0.25) is 9.48 Å². The van der Waals surface area contributed by atoms with Crippen molar-refractivity contribution in [1.29, 1.82) is 0 Å². The minimum Gasteiger partial charge on any atom is -0.383 e. The molecule has 0 aliphatic carbocycles. The Bertz CT molecular complexity index is 1410. The van der Waals surface area contributed by atoms with Gasteiger partial charge in [0.1, 0.15) is 5.52 Å². The molecule has 0 unspecified atom stereocenters. The minimum atomic E-state index is -0.506. The maximum atomic E-state index is 14.6. The number of rotatable bonds is 8. The number of hydrogen-bond donors (Lipinski definition) is 4. The molecule has 2 aromatic carbocycles. The Morgan fingerprint density at radius 3 is 2.94 bits per heavy atom. The van der Waals surface area contributed by atoms with E-state index < -0.39 is 11.7 Å². The standard InChI is InChI=1S/C25H29FN8O2/c1-14(27)9-28-21-4-3-18(23-19(21)11-30-25(32-23)29-10-15-5-6-36-13-15)24(35)31-17-7-16-12-34(2)33-22(16)20(26)8-17/h3-4,7-8,11-12,14-15,28H,5-6,9-10,13,27H2,1-2H3,(H,31,35)(H,29,30,32)/t14-,15-/m0/s1. The van der Waals surface area contributed by atoms with Crippen molar-refractivity contribution in [2.75, 3.05) is 42.3 Å². The number of nitrogens with two attached hydrogens (primary N) is 1. The Morgan fingerprint density at radius 2 is 2.17 bits per heavy atom. The van der Waals surface area contributed by atoms with E-state index in [1.165, 1.54) is 10.7 Å². The number of aryl methyl sites for hydroxylation is 1. The van der Waals surface area contributed by atoms with Gasteiger partial charge in [0.25, 0.3) is 5.91 Å². The molecule has 10 nitrogen and oxygen atoms in total. The second kappa shape index (κ2) is 10.0. The van der Waals surface area contributed by atoms with Crippen LogP contribution in [0.25, 0.3) is 21.8 Å². The van der Waals surface area contributed by atoms with Crippen LogP contribution < -0.4 is 21.7 Å². The van der Waals surface area contributed by atoms with E-state index in [1.807, 2.05) is 6.92 Å². The fourth-order valence-corrected chi connectivity index (χ4v) is 4.28. The summed E-state index contributed by atoms with van der Waals surface area (Å²) >= 11 is 0. The number of nitrogens with one attached hydrogen (secondary N) is 3. The molecule has 36 heavy (non-hydrogen) atoms. The Balaban J connectivity index is 1.47. The fraction of sp³-hybridized carbons (Fsp3) is 0.360. The Morgan fingerprint density at radius 1 is 1.31 bits per heavy atom. The molecule has 0 spiro atoms. The molecule has 1 saturated heterocycles. The Kier molecular flexibility index (Phi) is 6.66. The predicted octanol–water partition coefficient (Wildman–Crippen LogP) is 3.12. The van der Waals surface area contributed by atoms with Crippen molar-refractivity contribution in [2.45, 2.75) is 19.4 Å². The number of aromatic nitrogens is 4. The highest BCUT2D eigenvalue weighted by Crippen LogP contribution is 2.28. The van der Waals surface area contributed by atoms with Gasteiger partial charge in [-0.15, -0.1) is 0 Å². The second-order valence-corrected chi connectivity index (χ2v) is 9.24. The smallest absolute Gasteiger partial charge is 0.257 e. The highest BCUT2D eigenvalue weighted by atomic mass is 19.1. The van der Waals surface area contributed by atoms with Crippen molar-refractivity contribution in [3.05, 3.63) is 48.0 Å². The van der Waals surface area contributed by atoms with Crippen LogP contribution in [0.2, 0.25) is 0 Å². The summed E-state index contributed by atoms with van der Waals surface area (Å²) in [5.74, 6) is -0.0948. The average molecular weight is 493 g/mol. The number of hydrogen-bond acceptors (Lipinski definition) is 8. The summed E-state index contributed by atoms with van der Waals surface area (Å²) < 4.78 is 21.5. The number of fused-ring (bicyclic) bond motifs is 2. The zero-order valence-corrected chi connectivity index (χ0v) is 20.2. The molecular weight excluding hydrogens is 463 g/mol. The third kappa shape index (κ3) is 5.07. The molecule has 5 N–H and O–H groups in total. The molecular formula is C25H29FN8O2. The molecule has 0 radical (unpaired) electrons. The van der Waals surface area contributed by atoms with Gasteiger partial charge in [0.2, 0.25) is 5.95 Å². The molecule has 1 fully saturated rings. The molecule has 1 amide bonds. The van der Waals surface area contributed by atoms with Gasteiger partial charge in [-0.05, 0) is 37.6 Å². The van der Waals surface area contributed by atoms with Gasteiger partial charge in [-0.25, -0.2) is 14.4 Å². The lowest BCUT2D eigenvalue weighted by molar-refractivity contribution is 0.102. The zero-order valence-electron chi connectivity index (χ0n) is 20.2. The lowest BCUT2D eigenvalue weighted by atomic mass is 10.1. The second-order valence-electron chi connectivity index (χ2n) is 9.24. The molecule has 1 aliphatic rings. The van der Waals surface area contributed by atoms with Gasteiger partial charge >= 0.3 is 0 Å². The molecule has 0 bridgehead atoms. The van der Waals surface area contributed by atoms with Gasteiger partial charge in [-0.2, -0.15) is 5.10 Å². The third-order valence-electron chi connectivity index (χ3n) is 6.12. The molecule has 2 atom stereocenters. The van der Waals surface area contributed by atoms with E-state index in [-0.39, 0.29) is 11.6 Å². The quantitative estimate of drug-likeness (QED) is 0.295. The van der Waals surface area contributed by atoms with E-state index in [9.17, 15) is 9.18 Å². The summed E-state index contributed by atoms with van der Waals surface area (Å²) in [5.41, 5.74) is 8.09.